The molecule has 14 heavy (non-hydrogen) atoms. The second-order valence-electron chi connectivity index (χ2n) is 2.87. The number of hydrogen-bond acceptors (Lipinski definition) is 2. The summed E-state index contributed by atoms with van der Waals surface area (Å²) in [4.78, 5) is 10.4. The number of benzene rings is 1. The number of nitrogens with one attached hydrogen (secondary N) is 1. The number of urea groups is 1. The molecule has 0 aliphatic heterocycles. The summed E-state index contributed by atoms with van der Waals surface area (Å²) in [5.41, 5.74) is 6.58. The van der Waals surface area contributed by atoms with Crippen molar-refractivity contribution < 1.29 is 4.79 Å². The number of carbonyl (C=O) groups excluding carboxylic acids is 1. The lowest BCUT2D eigenvalue weighted by Gasteiger charge is -1.94. The van der Waals surface area contributed by atoms with Crippen LogP contribution in [-0.2, 0) is 6.54 Å². The average molecular weight is 189 g/mol. The summed E-state index contributed by atoms with van der Waals surface area (Å²) in [6, 6.07) is 6.99. The highest BCUT2D eigenvalue weighted by molar-refractivity contribution is 5.81. The molecule has 1 aromatic carbocycles. The maximum absolute atomic E-state index is 10.4. The molecule has 71 valence electrons. The lowest BCUT2D eigenvalue weighted by atomic mass is 10.2. The van der Waals surface area contributed by atoms with Crippen molar-refractivity contribution in [1.82, 2.24) is 15.5 Å². The largest absolute Gasteiger partial charge is 0.350 e. The Hall–Kier alpha value is -2.04. The van der Waals surface area contributed by atoms with Crippen LogP contribution in [0.15, 0.2) is 24.3 Å². The molecule has 3 N–H and O–H groups in total. The number of primary amides is 1. The van der Waals surface area contributed by atoms with Crippen LogP contribution in [0.5, 0.6) is 0 Å². The molecule has 1 aromatic heterocycles. The van der Waals surface area contributed by atoms with Gasteiger partial charge in [0, 0.05) is 5.39 Å². The average Bonchev–Trinajstić information content (AvgIpc) is 2.58. The SMILES string of the molecule is NC(=O)[N]Cc1n[nH]c2ccccc12. The van der Waals surface area contributed by atoms with Crippen LogP contribution in [0.1, 0.15) is 5.69 Å². The van der Waals surface area contributed by atoms with E-state index in [2.05, 4.69) is 15.5 Å². The molecule has 0 saturated carbocycles. The van der Waals surface area contributed by atoms with E-state index >= 15 is 0 Å². The second kappa shape index (κ2) is 3.37. The number of para-hydroxylation sites is 1. The van der Waals surface area contributed by atoms with Crippen LogP contribution in [-0.4, -0.2) is 16.2 Å². The minimum atomic E-state index is -0.669. The topological polar surface area (TPSA) is 85.9 Å². The van der Waals surface area contributed by atoms with Crippen molar-refractivity contribution in [2.45, 2.75) is 6.54 Å². The summed E-state index contributed by atoms with van der Waals surface area (Å²) in [7, 11) is 0. The minimum absolute atomic E-state index is 0.222. The molecule has 1 radical (unpaired) electrons. The van der Waals surface area contributed by atoms with Crippen molar-refractivity contribution in [2.24, 2.45) is 5.73 Å². The van der Waals surface area contributed by atoms with E-state index in [1.165, 1.54) is 0 Å². The number of amides is 2. The van der Waals surface area contributed by atoms with Crippen molar-refractivity contribution in [3.63, 3.8) is 0 Å². The van der Waals surface area contributed by atoms with Crippen molar-refractivity contribution in [1.29, 1.82) is 0 Å². The third-order valence-electron chi connectivity index (χ3n) is 1.93. The van der Waals surface area contributed by atoms with Gasteiger partial charge in [-0.2, -0.15) is 5.10 Å². The predicted octanol–water partition coefficient (Wildman–Crippen LogP) is 0.746. The first-order valence-electron chi connectivity index (χ1n) is 4.16. The molecule has 2 amide bonds. The lowest BCUT2D eigenvalue weighted by molar-refractivity contribution is 0.247. The summed E-state index contributed by atoms with van der Waals surface area (Å²) >= 11 is 0. The van der Waals surface area contributed by atoms with Crippen molar-refractivity contribution >= 4 is 16.9 Å². The fourth-order valence-corrected chi connectivity index (χ4v) is 1.29. The van der Waals surface area contributed by atoms with E-state index in [9.17, 15) is 4.79 Å². The quantitative estimate of drug-likeness (QED) is 0.730. The molecule has 0 bridgehead atoms. The second-order valence-corrected chi connectivity index (χ2v) is 2.87. The highest BCUT2D eigenvalue weighted by Gasteiger charge is 2.05. The van der Waals surface area contributed by atoms with Crippen LogP contribution in [0.3, 0.4) is 0 Å². The van der Waals surface area contributed by atoms with Crippen molar-refractivity contribution in [3.05, 3.63) is 30.0 Å². The molecule has 0 atom stereocenters. The Labute approximate surface area is 80.3 Å². The molecular weight excluding hydrogens is 180 g/mol. The highest BCUT2D eigenvalue weighted by atomic mass is 16.2. The van der Waals surface area contributed by atoms with E-state index < -0.39 is 6.03 Å². The number of nitrogens with zero attached hydrogens (tertiary/aromatic N) is 2. The normalized spacial score (nSPS) is 10.3. The summed E-state index contributed by atoms with van der Waals surface area (Å²) in [6.45, 7) is 0.222. The van der Waals surface area contributed by atoms with Crippen molar-refractivity contribution in [3.8, 4) is 0 Å². The number of fused-ring (bicyclic) bond motifs is 1. The van der Waals surface area contributed by atoms with Gasteiger partial charge in [-0.25, -0.2) is 10.1 Å². The summed E-state index contributed by atoms with van der Waals surface area (Å²) in [6.07, 6.45) is 0. The number of H-pyrrole nitrogens is 1. The molecule has 2 aromatic rings. The third kappa shape index (κ3) is 1.52. The summed E-state index contributed by atoms with van der Waals surface area (Å²) in [5, 5.41) is 11.4. The van der Waals surface area contributed by atoms with E-state index in [1.54, 1.807) is 0 Å². The molecule has 5 heteroatoms. The minimum Gasteiger partial charge on any atom is -0.350 e. The number of nitrogens with two attached hydrogens (primary N) is 1. The number of hydrogen-bond donors (Lipinski definition) is 2. The Morgan fingerprint density at radius 2 is 2.29 bits per heavy atom. The van der Waals surface area contributed by atoms with Crippen LogP contribution in [0.2, 0.25) is 0 Å². The smallest absolute Gasteiger partial charge is 0.334 e. The van der Waals surface area contributed by atoms with E-state index in [-0.39, 0.29) is 6.54 Å². The first-order valence-corrected chi connectivity index (χ1v) is 4.16. The molecule has 1 heterocycles. The summed E-state index contributed by atoms with van der Waals surface area (Å²) < 4.78 is 0. The predicted molar refractivity (Wildman–Crippen MR) is 51.5 cm³/mol. The number of aromatic amines is 1. The maximum atomic E-state index is 10.4. The Balaban J connectivity index is 2.29. The Kier molecular flexibility index (Phi) is 2.06. The zero-order valence-electron chi connectivity index (χ0n) is 7.40. The standard InChI is InChI=1S/C9H9N4O/c10-9(14)11-5-8-6-3-1-2-4-7(6)12-13-8/h1-4H,5H2,(H2,10,14)(H,12,13). The maximum Gasteiger partial charge on any atom is 0.334 e. The molecule has 0 fully saturated rings. The fraction of sp³-hybridized carbons (Fsp3) is 0.111. The van der Waals surface area contributed by atoms with Crippen LogP contribution in [0.25, 0.3) is 10.9 Å². The van der Waals surface area contributed by atoms with Crippen LogP contribution in [0, 0.1) is 0 Å². The van der Waals surface area contributed by atoms with Crippen LogP contribution in [0.4, 0.5) is 4.79 Å². The van der Waals surface area contributed by atoms with Gasteiger partial charge in [0.15, 0.2) is 0 Å². The molecule has 0 aliphatic rings. The van der Waals surface area contributed by atoms with Gasteiger partial charge in [0.1, 0.15) is 0 Å². The Morgan fingerprint density at radius 3 is 3.07 bits per heavy atom. The van der Waals surface area contributed by atoms with Gasteiger partial charge in [-0.15, -0.1) is 0 Å². The van der Waals surface area contributed by atoms with Gasteiger partial charge < -0.3 is 5.73 Å². The molecule has 0 unspecified atom stereocenters. The van der Waals surface area contributed by atoms with Crippen molar-refractivity contribution in [2.75, 3.05) is 0 Å². The number of carbonyl (C=O) groups is 1. The number of rotatable bonds is 2. The molecule has 5 nitrogen and oxygen atoms in total. The molecule has 2 rings (SSSR count). The van der Waals surface area contributed by atoms with E-state index in [4.69, 9.17) is 5.73 Å². The monoisotopic (exact) mass is 189 g/mol. The molecule has 0 saturated heterocycles. The van der Waals surface area contributed by atoms with E-state index in [0.29, 0.717) is 0 Å². The first-order chi connectivity index (χ1) is 6.77. The first kappa shape index (κ1) is 8.55. The van der Waals surface area contributed by atoms with Gasteiger partial charge >= 0.3 is 6.03 Å². The summed E-state index contributed by atoms with van der Waals surface area (Å²) in [5.74, 6) is 0. The fourth-order valence-electron chi connectivity index (χ4n) is 1.29. The zero-order valence-corrected chi connectivity index (χ0v) is 7.40. The highest BCUT2D eigenvalue weighted by Crippen LogP contribution is 2.14. The molecular formula is C9H9N4O. The van der Waals surface area contributed by atoms with Gasteiger partial charge in [-0.1, -0.05) is 18.2 Å². The number of aromatic nitrogens is 2. The lowest BCUT2D eigenvalue weighted by Crippen LogP contribution is -2.22. The third-order valence-corrected chi connectivity index (χ3v) is 1.93. The zero-order chi connectivity index (χ0) is 9.97. The van der Waals surface area contributed by atoms with Gasteiger partial charge in [0.25, 0.3) is 0 Å². The van der Waals surface area contributed by atoms with Gasteiger partial charge in [0.2, 0.25) is 0 Å². The van der Waals surface area contributed by atoms with Gasteiger partial charge in [-0.05, 0) is 6.07 Å². The van der Waals surface area contributed by atoms with E-state index in [0.717, 1.165) is 16.6 Å². The van der Waals surface area contributed by atoms with Gasteiger partial charge in [0.05, 0.1) is 17.8 Å². The molecule has 0 spiro atoms. The van der Waals surface area contributed by atoms with Crippen LogP contribution < -0.4 is 11.1 Å². The Morgan fingerprint density at radius 1 is 1.50 bits per heavy atom. The van der Waals surface area contributed by atoms with E-state index in [1.807, 2.05) is 24.3 Å². The van der Waals surface area contributed by atoms with Crippen LogP contribution >= 0.6 is 0 Å². The Bertz CT molecular complexity index is 463. The molecule has 0 aliphatic carbocycles. The van der Waals surface area contributed by atoms with Gasteiger partial charge in [-0.3, -0.25) is 5.10 Å².